The quantitative estimate of drug-likeness (QED) is 0.119. The largest absolute Gasteiger partial charge is 0.365 e. The van der Waals surface area contributed by atoms with Crippen LogP contribution in [0.15, 0.2) is 47.4 Å². The standard InChI is InChI=1S/C25H33N9O2.C4H10.2C2H6/c1-3-20(31-29-13-12-27)7-4-18(2)16-33-14-9-25(8-11-26,10-15-33)34-17-21(22(28)35)23(32-34)30-24(36)19-5-6-19;1-3-4-2;2*1-2/h3-4,7,12-13,17,19,27,31H,2,5-6,8-10,14-16H2,1H3,(H2,28,35)(H,30,32,36);3-4H2,1-2H3;2*1-2H3/b7-4-,20-3+,27-12?,29-13-;;;. The first-order valence-corrected chi connectivity index (χ1v) is 15.8. The Bertz CT molecular complexity index is 1160. The number of carbonyl (C=O) groups excluding carboxylic acids is 2. The molecule has 44 heavy (non-hydrogen) atoms. The van der Waals surface area contributed by atoms with Crippen molar-refractivity contribution in [2.24, 2.45) is 16.8 Å². The summed E-state index contributed by atoms with van der Waals surface area (Å²) in [6, 6.07) is 2.27. The van der Waals surface area contributed by atoms with Crippen molar-refractivity contribution in [1.82, 2.24) is 20.1 Å². The number of nitrogens with two attached hydrogens (primary N) is 1. The Hall–Kier alpha value is -4.04. The van der Waals surface area contributed by atoms with Gasteiger partial charge in [0.05, 0.1) is 29.9 Å². The molecule has 244 valence electrons. The third kappa shape index (κ3) is 13.5. The molecule has 1 aliphatic heterocycles. The molecule has 1 aromatic rings. The molecule has 2 fully saturated rings. The number of carbonyl (C=O) groups is 2. The van der Waals surface area contributed by atoms with Gasteiger partial charge in [0.15, 0.2) is 5.82 Å². The number of nitrogens with zero attached hydrogens (tertiary/aromatic N) is 5. The van der Waals surface area contributed by atoms with Gasteiger partial charge in [0.1, 0.15) is 5.56 Å². The number of amides is 2. The number of hydrazone groups is 1. The number of allylic oxidation sites excluding steroid dienone is 2. The zero-order chi connectivity index (χ0) is 33.5. The van der Waals surface area contributed by atoms with Crippen LogP contribution in [0.4, 0.5) is 5.82 Å². The third-order valence-electron chi connectivity index (χ3n) is 6.93. The van der Waals surface area contributed by atoms with E-state index >= 15 is 0 Å². The van der Waals surface area contributed by atoms with Gasteiger partial charge in [-0.3, -0.25) is 24.6 Å². The lowest BCUT2D eigenvalue weighted by Gasteiger charge is -2.40. The van der Waals surface area contributed by atoms with Crippen molar-refractivity contribution in [1.29, 1.82) is 10.7 Å². The van der Waals surface area contributed by atoms with E-state index in [9.17, 15) is 14.9 Å². The Kier molecular flexibility index (Phi) is 20.4. The highest BCUT2D eigenvalue weighted by atomic mass is 16.2. The van der Waals surface area contributed by atoms with Gasteiger partial charge >= 0.3 is 0 Å². The third-order valence-corrected chi connectivity index (χ3v) is 6.93. The zero-order valence-electron chi connectivity index (χ0n) is 27.9. The Morgan fingerprint density at radius 3 is 2.30 bits per heavy atom. The molecule has 0 aromatic carbocycles. The molecule has 11 heteroatoms. The molecule has 0 bridgehead atoms. The fourth-order valence-electron chi connectivity index (χ4n) is 4.11. The minimum Gasteiger partial charge on any atom is -0.365 e. The minimum absolute atomic E-state index is 0.0384. The molecular weight excluding hydrogens is 554 g/mol. The van der Waals surface area contributed by atoms with E-state index in [2.05, 4.69) is 52.3 Å². The summed E-state index contributed by atoms with van der Waals surface area (Å²) < 4.78 is 1.66. The summed E-state index contributed by atoms with van der Waals surface area (Å²) in [7, 11) is 0. The summed E-state index contributed by atoms with van der Waals surface area (Å²) >= 11 is 0. The average Bonchev–Trinajstić information content (AvgIpc) is 3.81. The molecule has 3 rings (SSSR count). The van der Waals surface area contributed by atoms with E-state index in [0.29, 0.717) is 32.5 Å². The van der Waals surface area contributed by atoms with Gasteiger partial charge in [0, 0.05) is 38.0 Å². The van der Waals surface area contributed by atoms with Crippen LogP contribution in [-0.2, 0) is 10.3 Å². The molecule has 0 atom stereocenters. The van der Waals surface area contributed by atoms with E-state index in [-0.39, 0.29) is 29.6 Å². The first-order chi connectivity index (χ1) is 21.2. The number of anilines is 1. The van der Waals surface area contributed by atoms with Crippen molar-refractivity contribution in [2.45, 2.75) is 99.0 Å². The van der Waals surface area contributed by atoms with Crippen LogP contribution in [-0.4, -0.2) is 58.6 Å². The van der Waals surface area contributed by atoms with E-state index in [1.54, 1.807) is 10.9 Å². The molecule has 1 aromatic heterocycles. The predicted octanol–water partition coefficient (Wildman–Crippen LogP) is 6.14. The van der Waals surface area contributed by atoms with Crippen LogP contribution in [0.1, 0.15) is 104 Å². The first-order valence-electron chi connectivity index (χ1n) is 15.8. The smallest absolute Gasteiger partial charge is 0.254 e. The lowest BCUT2D eigenvalue weighted by atomic mass is 9.84. The summed E-state index contributed by atoms with van der Waals surface area (Å²) in [4.78, 5) is 26.5. The Morgan fingerprint density at radius 1 is 1.20 bits per heavy atom. The van der Waals surface area contributed by atoms with Crippen molar-refractivity contribution < 1.29 is 9.59 Å². The highest BCUT2D eigenvalue weighted by Crippen LogP contribution is 2.35. The summed E-state index contributed by atoms with van der Waals surface area (Å²) in [5, 5.41) is 27.7. The maximum Gasteiger partial charge on any atom is 0.254 e. The van der Waals surface area contributed by atoms with Gasteiger partial charge in [-0.2, -0.15) is 15.5 Å². The molecular formula is C33H55N9O2. The van der Waals surface area contributed by atoms with E-state index < -0.39 is 11.4 Å². The normalized spacial score (nSPS) is 15.8. The molecule has 1 saturated carbocycles. The Balaban J connectivity index is 0.00000210. The minimum atomic E-state index is -0.668. The molecule has 0 radical (unpaired) electrons. The summed E-state index contributed by atoms with van der Waals surface area (Å²) in [5.41, 5.74) is 9.66. The van der Waals surface area contributed by atoms with E-state index in [0.717, 1.165) is 30.3 Å². The molecule has 11 nitrogen and oxygen atoms in total. The maximum atomic E-state index is 12.3. The molecule has 1 saturated heterocycles. The number of unbranched alkanes of at least 4 members (excludes halogenated alkanes) is 1. The van der Waals surface area contributed by atoms with Crippen LogP contribution in [0.3, 0.4) is 0 Å². The number of likely N-dealkylation sites (tertiary alicyclic amines) is 1. The van der Waals surface area contributed by atoms with Crippen molar-refractivity contribution in [3.63, 3.8) is 0 Å². The fraction of sp³-hybridized carbons (Fsp3) is 0.576. The Morgan fingerprint density at radius 2 is 1.82 bits per heavy atom. The number of hydrogen-bond donors (Lipinski definition) is 4. The SMILES string of the molecule is C=C(/C=C\C(=C/C)N/N=C\C=N)CN1CCC(CC#N)(n2cc(C(N)=O)c(NC(=O)C3CC3)n2)CC1.CC.CC.CCCC. The van der Waals surface area contributed by atoms with Gasteiger partial charge in [-0.25, -0.2) is 0 Å². The van der Waals surface area contributed by atoms with E-state index in [1.807, 2.05) is 52.8 Å². The van der Waals surface area contributed by atoms with E-state index in [4.69, 9.17) is 11.1 Å². The molecule has 2 aliphatic rings. The van der Waals surface area contributed by atoms with Gasteiger partial charge < -0.3 is 16.5 Å². The molecule has 0 spiro atoms. The summed E-state index contributed by atoms with van der Waals surface area (Å²) in [6.45, 7) is 20.5. The first kappa shape index (κ1) is 40.0. The zero-order valence-corrected chi connectivity index (χ0v) is 27.9. The fourth-order valence-corrected chi connectivity index (χ4v) is 4.11. The summed E-state index contributed by atoms with van der Waals surface area (Å²) in [6.07, 6.45) is 15.5. The van der Waals surface area contributed by atoms with Gasteiger partial charge in [0.25, 0.3) is 5.91 Å². The second-order valence-electron chi connectivity index (χ2n) is 10.1. The number of rotatable bonds is 13. The van der Waals surface area contributed by atoms with Crippen LogP contribution in [0, 0.1) is 22.7 Å². The average molecular weight is 610 g/mol. The number of nitriles is 1. The second kappa shape index (κ2) is 22.5. The van der Waals surface area contributed by atoms with Crippen LogP contribution in [0.5, 0.6) is 0 Å². The number of aromatic nitrogens is 2. The highest BCUT2D eigenvalue weighted by molar-refractivity contribution is 6.14. The van der Waals surface area contributed by atoms with Gasteiger partial charge in [-0.1, -0.05) is 73.1 Å². The Labute approximate surface area is 264 Å². The van der Waals surface area contributed by atoms with Gasteiger partial charge in [-0.05, 0) is 44.3 Å². The summed E-state index contributed by atoms with van der Waals surface area (Å²) in [5.74, 6) is -0.700. The maximum absolute atomic E-state index is 12.3. The van der Waals surface area contributed by atoms with Crippen LogP contribution in [0.25, 0.3) is 0 Å². The molecule has 5 N–H and O–H groups in total. The van der Waals surface area contributed by atoms with Crippen LogP contribution in [0.2, 0.25) is 0 Å². The van der Waals surface area contributed by atoms with Crippen LogP contribution >= 0.6 is 0 Å². The van der Waals surface area contributed by atoms with E-state index in [1.165, 1.54) is 19.1 Å². The van der Waals surface area contributed by atoms with Gasteiger partial charge in [-0.15, -0.1) is 0 Å². The lowest BCUT2D eigenvalue weighted by molar-refractivity contribution is -0.117. The second-order valence-corrected chi connectivity index (χ2v) is 10.1. The van der Waals surface area contributed by atoms with Crippen molar-refractivity contribution >= 4 is 30.1 Å². The van der Waals surface area contributed by atoms with Crippen LogP contribution < -0.4 is 16.5 Å². The van der Waals surface area contributed by atoms with Crippen molar-refractivity contribution in [3.05, 3.63) is 47.8 Å². The lowest BCUT2D eigenvalue weighted by Crippen LogP contribution is -2.46. The molecule has 1 aliphatic carbocycles. The number of piperidine rings is 1. The predicted molar refractivity (Wildman–Crippen MR) is 182 cm³/mol. The number of nitrogens with one attached hydrogen (secondary N) is 3. The molecule has 0 unspecified atom stereocenters. The highest BCUT2D eigenvalue weighted by Gasteiger charge is 2.39. The van der Waals surface area contributed by atoms with Crippen molar-refractivity contribution in [2.75, 3.05) is 25.0 Å². The van der Waals surface area contributed by atoms with Crippen molar-refractivity contribution in [3.8, 4) is 6.07 Å². The topological polar surface area (TPSA) is 165 Å². The number of hydrogen-bond acceptors (Lipinski definition) is 8. The number of primary amides is 1. The molecule has 2 heterocycles. The van der Waals surface area contributed by atoms with Gasteiger partial charge in [0.2, 0.25) is 5.91 Å². The molecule has 2 amide bonds. The monoisotopic (exact) mass is 609 g/mol.